The number of carbonyl (C=O) groups excluding carboxylic acids is 2. The molecule has 2 aromatic rings. The van der Waals surface area contributed by atoms with E-state index in [-0.39, 0.29) is 17.9 Å². The summed E-state index contributed by atoms with van der Waals surface area (Å²) in [5.74, 6) is 0.0288. The molecule has 7 nitrogen and oxygen atoms in total. The van der Waals surface area contributed by atoms with E-state index in [1.807, 2.05) is 37.3 Å². The number of benzene rings is 2. The summed E-state index contributed by atoms with van der Waals surface area (Å²) >= 11 is 0. The Bertz CT molecular complexity index is 1050. The first kappa shape index (κ1) is 25.2. The van der Waals surface area contributed by atoms with Crippen LogP contribution in [0.4, 0.5) is 0 Å². The molecule has 7 heteroatoms. The Hall–Kier alpha value is -4.05. The Balaban J connectivity index is 2.12. The maximum absolute atomic E-state index is 12.3. The lowest BCUT2D eigenvalue weighted by Crippen LogP contribution is -2.07. The topological polar surface area (TPSA) is 94.9 Å². The van der Waals surface area contributed by atoms with Crippen molar-refractivity contribution in [2.45, 2.75) is 27.2 Å². The molecule has 0 radical (unpaired) electrons. The number of nitriles is 1. The van der Waals surface area contributed by atoms with Crippen molar-refractivity contribution in [3.05, 3.63) is 65.2 Å². The molecule has 0 saturated carbocycles. The number of rotatable bonds is 11. The molecule has 2 rings (SSSR count). The predicted molar refractivity (Wildman–Crippen MR) is 125 cm³/mol. The van der Waals surface area contributed by atoms with Crippen molar-refractivity contribution in [3.63, 3.8) is 0 Å². The van der Waals surface area contributed by atoms with E-state index in [0.717, 1.165) is 17.7 Å². The maximum Gasteiger partial charge on any atom is 0.348 e. The van der Waals surface area contributed by atoms with Gasteiger partial charge in [-0.1, -0.05) is 25.1 Å². The number of esters is 2. The highest BCUT2D eigenvalue weighted by molar-refractivity contribution is 5.98. The van der Waals surface area contributed by atoms with E-state index in [9.17, 15) is 14.9 Å². The molecule has 172 valence electrons. The van der Waals surface area contributed by atoms with Gasteiger partial charge in [0.15, 0.2) is 11.5 Å². The van der Waals surface area contributed by atoms with Crippen LogP contribution in [0.5, 0.6) is 17.2 Å². The second-order valence-corrected chi connectivity index (χ2v) is 6.70. The lowest BCUT2D eigenvalue weighted by molar-refractivity contribution is -0.138. The predicted octanol–water partition coefficient (Wildman–Crippen LogP) is 4.96. The van der Waals surface area contributed by atoms with E-state index in [2.05, 4.69) is 0 Å². The second-order valence-electron chi connectivity index (χ2n) is 6.70. The SMILES string of the molecule is CCCOc1ccc(/C=C/C(=O)Oc2ccc(/C=C(\C#N)C(=O)OCC)cc2OCC)cc1. The van der Waals surface area contributed by atoms with Gasteiger partial charge in [-0.05, 0) is 67.8 Å². The van der Waals surface area contributed by atoms with Crippen LogP contribution >= 0.6 is 0 Å². The molecular formula is C26H27NO6. The zero-order valence-corrected chi connectivity index (χ0v) is 19.0. The standard InChI is InChI=1S/C26H27NO6/c1-4-15-32-22-11-7-19(8-12-22)10-14-25(28)33-23-13-9-20(17-24(23)30-5-2)16-21(18-27)26(29)31-6-3/h7-14,16-17H,4-6,15H2,1-3H3/b14-10+,21-16+. The highest BCUT2D eigenvalue weighted by atomic mass is 16.6. The lowest BCUT2D eigenvalue weighted by Gasteiger charge is -2.10. The highest BCUT2D eigenvalue weighted by Crippen LogP contribution is 2.30. The first-order chi connectivity index (χ1) is 16.0. The van der Waals surface area contributed by atoms with Crippen molar-refractivity contribution in [2.75, 3.05) is 19.8 Å². The Morgan fingerprint density at radius 3 is 2.30 bits per heavy atom. The molecule has 0 aliphatic heterocycles. The van der Waals surface area contributed by atoms with E-state index in [0.29, 0.717) is 24.5 Å². The number of hydrogen-bond acceptors (Lipinski definition) is 7. The van der Waals surface area contributed by atoms with Crippen LogP contribution in [0.2, 0.25) is 0 Å². The van der Waals surface area contributed by atoms with Crippen LogP contribution in [0.15, 0.2) is 54.1 Å². The molecule has 0 bridgehead atoms. The molecule has 0 aliphatic rings. The largest absolute Gasteiger partial charge is 0.494 e. The first-order valence-electron chi connectivity index (χ1n) is 10.7. The van der Waals surface area contributed by atoms with Gasteiger partial charge in [-0.15, -0.1) is 0 Å². The van der Waals surface area contributed by atoms with Gasteiger partial charge in [0.2, 0.25) is 0 Å². The van der Waals surface area contributed by atoms with Crippen molar-refractivity contribution in [3.8, 4) is 23.3 Å². The minimum absolute atomic E-state index is 0.141. The molecule has 0 amide bonds. The first-order valence-corrected chi connectivity index (χ1v) is 10.7. The van der Waals surface area contributed by atoms with Crippen LogP contribution in [0, 0.1) is 11.3 Å². The molecular weight excluding hydrogens is 422 g/mol. The van der Waals surface area contributed by atoms with Crippen LogP contribution in [0.25, 0.3) is 12.2 Å². The molecule has 0 fully saturated rings. The smallest absolute Gasteiger partial charge is 0.348 e. The van der Waals surface area contributed by atoms with Crippen LogP contribution in [0.1, 0.15) is 38.3 Å². The maximum atomic E-state index is 12.3. The third-order valence-electron chi connectivity index (χ3n) is 4.17. The van der Waals surface area contributed by atoms with Gasteiger partial charge in [0.05, 0.1) is 19.8 Å². The summed E-state index contributed by atoms with van der Waals surface area (Å²) in [6.45, 7) is 6.65. The van der Waals surface area contributed by atoms with E-state index < -0.39 is 11.9 Å². The van der Waals surface area contributed by atoms with Gasteiger partial charge in [0.1, 0.15) is 17.4 Å². The zero-order chi connectivity index (χ0) is 24.1. The van der Waals surface area contributed by atoms with Gasteiger partial charge in [-0.3, -0.25) is 0 Å². The Morgan fingerprint density at radius 1 is 0.939 bits per heavy atom. The Kier molecular flexibility index (Phi) is 10.2. The minimum atomic E-state index is -0.705. The summed E-state index contributed by atoms with van der Waals surface area (Å²) in [5, 5.41) is 9.20. The van der Waals surface area contributed by atoms with E-state index >= 15 is 0 Å². The van der Waals surface area contributed by atoms with Gasteiger partial charge in [0, 0.05) is 6.08 Å². The molecule has 0 saturated heterocycles. The minimum Gasteiger partial charge on any atom is -0.494 e. The second kappa shape index (κ2) is 13.4. The fraction of sp³-hybridized carbons (Fsp3) is 0.269. The van der Waals surface area contributed by atoms with Gasteiger partial charge < -0.3 is 18.9 Å². The number of nitrogens with zero attached hydrogens (tertiary/aromatic N) is 1. The highest BCUT2D eigenvalue weighted by Gasteiger charge is 2.13. The average molecular weight is 450 g/mol. The monoisotopic (exact) mass is 449 g/mol. The molecule has 0 atom stereocenters. The quantitative estimate of drug-likeness (QED) is 0.207. The van der Waals surface area contributed by atoms with E-state index in [1.54, 1.807) is 38.1 Å². The third-order valence-corrected chi connectivity index (χ3v) is 4.17. The number of ether oxygens (including phenoxy) is 4. The van der Waals surface area contributed by atoms with Crippen molar-refractivity contribution in [2.24, 2.45) is 0 Å². The van der Waals surface area contributed by atoms with Crippen molar-refractivity contribution in [1.82, 2.24) is 0 Å². The average Bonchev–Trinajstić information content (AvgIpc) is 2.82. The third kappa shape index (κ3) is 8.19. The molecule has 0 spiro atoms. The number of carbonyl (C=O) groups is 2. The molecule has 0 heterocycles. The molecule has 33 heavy (non-hydrogen) atoms. The molecule has 0 unspecified atom stereocenters. The summed E-state index contributed by atoms with van der Waals surface area (Å²) in [7, 11) is 0. The molecule has 0 N–H and O–H groups in total. The summed E-state index contributed by atoms with van der Waals surface area (Å²) in [5.41, 5.74) is 1.21. The Morgan fingerprint density at radius 2 is 1.67 bits per heavy atom. The Labute approximate surface area is 193 Å². The van der Waals surface area contributed by atoms with Crippen LogP contribution in [-0.4, -0.2) is 31.8 Å². The fourth-order valence-corrected chi connectivity index (χ4v) is 2.68. The van der Waals surface area contributed by atoms with Crippen LogP contribution in [-0.2, 0) is 14.3 Å². The van der Waals surface area contributed by atoms with E-state index in [1.165, 1.54) is 12.2 Å². The van der Waals surface area contributed by atoms with E-state index in [4.69, 9.17) is 18.9 Å². The van der Waals surface area contributed by atoms with Crippen molar-refractivity contribution >= 4 is 24.1 Å². The van der Waals surface area contributed by atoms with Gasteiger partial charge in [-0.2, -0.15) is 5.26 Å². The zero-order valence-electron chi connectivity index (χ0n) is 19.0. The van der Waals surface area contributed by atoms with Gasteiger partial charge in [-0.25, -0.2) is 9.59 Å². The summed E-state index contributed by atoms with van der Waals surface area (Å²) in [6, 6.07) is 13.9. The molecule has 0 aliphatic carbocycles. The van der Waals surface area contributed by atoms with Crippen LogP contribution < -0.4 is 14.2 Å². The number of hydrogen-bond donors (Lipinski definition) is 0. The summed E-state index contributed by atoms with van der Waals surface area (Å²) < 4.78 is 21.4. The molecule has 2 aromatic carbocycles. The van der Waals surface area contributed by atoms with Gasteiger partial charge in [0.25, 0.3) is 0 Å². The van der Waals surface area contributed by atoms with Crippen molar-refractivity contribution in [1.29, 1.82) is 5.26 Å². The van der Waals surface area contributed by atoms with Crippen LogP contribution in [0.3, 0.4) is 0 Å². The summed E-state index contributed by atoms with van der Waals surface area (Å²) in [4.78, 5) is 24.1. The normalized spacial score (nSPS) is 11.0. The fourth-order valence-electron chi connectivity index (χ4n) is 2.68. The lowest BCUT2D eigenvalue weighted by atomic mass is 10.1. The summed E-state index contributed by atoms with van der Waals surface area (Å²) in [6.07, 6.45) is 5.28. The van der Waals surface area contributed by atoms with Gasteiger partial charge >= 0.3 is 11.9 Å². The molecule has 0 aromatic heterocycles. The van der Waals surface area contributed by atoms with Crippen molar-refractivity contribution < 1.29 is 28.5 Å².